The van der Waals surface area contributed by atoms with Gasteiger partial charge in [0.1, 0.15) is 6.10 Å². The fourth-order valence-electron chi connectivity index (χ4n) is 7.14. The zero-order valence-corrected chi connectivity index (χ0v) is 22.1. The molecule has 0 bridgehead atoms. The van der Waals surface area contributed by atoms with Crippen LogP contribution in [0.1, 0.15) is 106 Å². The Morgan fingerprint density at radius 3 is 2.70 bits per heavy atom. The van der Waals surface area contributed by atoms with E-state index >= 15 is 0 Å². The van der Waals surface area contributed by atoms with Crippen molar-refractivity contribution in [2.24, 2.45) is 28.6 Å². The molecule has 3 nitrogen and oxygen atoms in total. The van der Waals surface area contributed by atoms with Crippen molar-refractivity contribution in [2.45, 2.75) is 118 Å². The van der Waals surface area contributed by atoms with Gasteiger partial charge in [0, 0.05) is 13.3 Å². The summed E-state index contributed by atoms with van der Waals surface area (Å²) in [5.74, 6) is 1.96. The first kappa shape index (κ1) is 26.3. The first-order valence-corrected chi connectivity index (χ1v) is 13.3. The van der Waals surface area contributed by atoms with Crippen molar-refractivity contribution >= 4 is 5.97 Å². The van der Waals surface area contributed by atoms with Gasteiger partial charge in [0.05, 0.1) is 6.10 Å². The molecule has 0 heterocycles. The second kappa shape index (κ2) is 10.5. The molecule has 0 aliphatic heterocycles. The van der Waals surface area contributed by atoms with Crippen LogP contribution in [0, 0.1) is 28.6 Å². The molecule has 0 saturated heterocycles. The number of carbonyl (C=O) groups is 1. The maximum Gasteiger partial charge on any atom is 0.303 e. The number of aliphatic hydroxyl groups excluding tert-OH is 1. The lowest BCUT2D eigenvalue weighted by molar-refractivity contribution is -0.146. The van der Waals surface area contributed by atoms with Crippen LogP contribution < -0.4 is 0 Å². The van der Waals surface area contributed by atoms with E-state index in [9.17, 15) is 9.90 Å². The van der Waals surface area contributed by atoms with E-state index in [1.807, 2.05) is 0 Å². The van der Waals surface area contributed by atoms with Gasteiger partial charge in [0.25, 0.3) is 0 Å². The summed E-state index contributed by atoms with van der Waals surface area (Å²) < 4.78 is 5.41. The minimum Gasteiger partial charge on any atom is -0.458 e. The van der Waals surface area contributed by atoms with Gasteiger partial charge in [-0.25, -0.2) is 0 Å². The second-order valence-electron chi connectivity index (χ2n) is 12.7. The topological polar surface area (TPSA) is 46.5 Å². The third kappa shape index (κ3) is 6.41. The summed E-state index contributed by atoms with van der Waals surface area (Å²) in [6.07, 6.45) is 15.1. The minimum absolute atomic E-state index is 0.315. The lowest BCUT2D eigenvalue weighted by Gasteiger charge is -2.44. The van der Waals surface area contributed by atoms with Gasteiger partial charge in [-0.3, -0.25) is 4.79 Å². The molecule has 0 radical (unpaired) electrons. The highest BCUT2D eigenvalue weighted by Crippen LogP contribution is 2.60. The maximum atomic E-state index is 11.5. The first-order chi connectivity index (χ1) is 15.4. The molecule has 0 spiro atoms. The van der Waals surface area contributed by atoms with E-state index in [1.54, 1.807) is 5.57 Å². The van der Waals surface area contributed by atoms with Crippen molar-refractivity contribution in [3.05, 3.63) is 35.5 Å². The van der Waals surface area contributed by atoms with Crippen LogP contribution in [0.4, 0.5) is 0 Å². The molecule has 6 atom stereocenters. The lowest BCUT2D eigenvalue weighted by atomic mass is 9.60. The molecular formula is C30H48O3. The Hall–Kier alpha value is -1.35. The number of esters is 1. The molecule has 33 heavy (non-hydrogen) atoms. The summed E-state index contributed by atoms with van der Waals surface area (Å²) in [5, 5.41) is 10.3. The van der Waals surface area contributed by atoms with Crippen molar-refractivity contribution in [1.29, 1.82) is 0 Å². The average Bonchev–Trinajstić information content (AvgIpc) is 3.05. The van der Waals surface area contributed by atoms with E-state index in [0.29, 0.717) is 29.6 Å². The summed E-state index contributed by atoms with van der Waals surface area (Å²) in [7, 11) is 0. The summed E-state index contributed by atoms with van der Waals surface area (Å²) >= 11 is 0. The SMILES string of the molecule is C=C1/C(=C\C=C2/CCCC3(C)C2CCC3[C@@H](C)CCCC(C)(C)C)CC(O)C[C@@H]1OC(C)=O. The Bertz CT molecular complexity index is 783. The molecule has 4 unspecified atom stereocenters. The van der Waals surface area contributed by atoms with Crippen molar-refractivity contribution in [1.82, 2.24) is 0 Å². The van der Waals surface area contributed by atoms with E-state index in [1.165, 1.54) is 58.3 Å². The van der Waals surface area contributed by atoms with Gasteiger partial charge in [-0.05, 0) is 84.7 Å². The van der Waals surface area contributed by atoms with Crippen LogP contribution in [-0.2, 0) is 9.53 Å². The first-order valence-electron chi connectivity index (χ1n) is 13.3. The molecular weight excluding hydrogens is 408 g/mol. The van der Waals surface area contributed by atoms with Crippen LogP contribution in [0.3, 0.4) is 0 Å². The number of hydrogen-bond acceptors (Lipinski definition) is 3. The molecule has 0 aromatic heterocycles. The predicted molar refractivity (Wildman–Crippen MR) is 137 cm³/mol. The van der Waals surface area contributed by atoms with Gasteiger partial charge in [0.15, 0.2) is 0 Å². The Kier molecular flexibility index (Phi) is 8.36. The lowest BCUT2D eigenvalue weighted by Crippen LogP contribution is -2.36. The fraction of sp³-hybridized carbons (Fsp3) is 0.767. The predicted octanol–water partition coefficient (Wildman–Crippen LogP) is 7.55. The average molecular weight is 457 g/mol. The molecule has 1 N–H and O–H groups in total. The van der Waals surface area contributed by atoms with Crippen molar-refractivity contribution < 1.29 is 14.6 Å². The summed E-state index contributed by atoms with van der Waals surface area (Å²) in [6.45, 7) is 17.8. The second-order valence-corrected chi connectivity index (χ2v) is 12.7. The number of carbonyl (C=O) groups excluding carboxylic acids is 1. The van der Waals surface area contributed by atoms with Gasteiger partial charge in [-0.15, -0.1) is 0 Å². The minimum atomic E-state index is -0.481. The van der Waals surface area contributed by atoms with Crippen molar-refractivity contribution in [2.75, 3.05) is 0 Å². The van der Waals surface area contributed by atoms with Gasteiger partial charge >= 0.3 is 5.97 Å². The van der Waals surface area contributed by atoms with Crippen molar-refractivity contribution in [3.63, 3.8) is 0 Å². The van der Waals surface area contributed by atoms with E-state index in [2.05, 4.69) is 53.3 Å². The molecule has 3 saturated carbocycles. The van der Waals surface area contributed by atoms with Gasteiger partial charge < -0.3 is 9.84 Å². The molecule has 0 aromatic rings. The Morgan fingerprint density at radius 2 is 2.03 bits per heavy atom. The number of allylic oxidation sites excluding steroid dienone is 3. The molecule has 3 fully saturated rings. The molecule has 3 aliphatic carbocycles. The van der Waals surface area contributed by atoms with E-state index in [4.69, 9.17) is 4.74 Å². The quantitative estimate of drug-likeness (QED) is 0.420. The summed E-state index contributed by atoms with van der Waals surface area (Å²) in [5.41, 5.74) is 4.30. The molecule has 3 aliphatic rings. The number of rotatable bonds is 6. The number of ether oxygens (including phenoxy) is 1. The summed E-state index contributed by atoms with van der Waals surface area (Å²) in [4.78, 5) is 11.5. The highest BCUT2D eigenvalue weighted by molar-refractivity contribution is 5.66. The number of hydrogen-bond donors (Lipinski definition) is 1. The summed E-state index contributed by atoms with van der Waals surface area (Å²) in [6, 6.07) is 0. The molecule has 3 heteroatoms. The highest BCUT2D eigenvalue weighted by atomic mass is 16.5. The van der Waals surface area contributed by atoms with Crippen molar-refractivity contribution in [3.8, 4) is 0 Å². The molecule has 0 aromatic carbocycles. The normalized spacial score (nSPS) is 36.2. The largest absolute Gasteiger partial charge is 0.458 e. The third-order valence-corrected chi connectivity index (χ3v) is 8.86. The molecule has 3 rings (SSSR count). The van der Waals surface area contributed by atoms with Crippen LogP contribution >= 0.6 is 0 Å². The highest BCUT2D eigenvalue weighted by Gasteiger charge is 2.50. The van der Waals surface area contributed by atoms with Crippen LogP contribution in [0.5, 0.6) is 0 Å². The smallest absolute Gasteiger partial charge is 0.303 e. The standard InChI is InChI=1S/C30H48O3/c1-20(10-8-16-29(4,5)6)26-14-15-27-23(11-9-17-30(26,27)7)12-13-24-18-25(32)19-28(21(24)2)33-22(3)31/h12-13,20,25-28,32H,2,8-11,14-19H2,1,3-7H3/b23-12+,24-13-/t20-,25?,26?,27?,28-,30?/m0/s1. The van der Waals surface area contributed by atoms with Crippen LogP contribution in [0.15, 0.2) is 35.5 Å². The fourth-order valence-corrected chi connectivity index (χ4v) is 7.14. The van der Waals surface area contributed by atoms with Gasteiger partial charge in [-0.2, -0.15) is 0 Å². The monoisotopic (exact) mass is 456 g/mol. The Labute approximate surface area is 202 Å². The molecule has 186 valence electrons. The van der Waals surface area contributed by atoms with Gasteiger partial charge in [-0.1, -0.05) is 71.8 Å². The zero-order valence-electron chi connectivity index (χ0n) is 22.1. The molecule has 0 amide bonds. The Balaban J connectivity index is 1.71. The van der Waals surface area contributed by atoms with Crippen LogP contribution in [0.25, 0.3) is 0 Å². The van der Waals surface area contributed by atoms with Gasteiger partial charge in [0.2, 0.25) is 0 Å². The Morgan fingerprint density at radius 1 is 1.30 bits per heavy atom. The van der Waals surface area contributed by atoms with E-state index < -0.39 is 12.2 Å². The van der Waals surface area contributed by atoms with E-state index in [-0.39, 0.29) is 5.97 Å². The van der Waals surface area contributed by atoms with E-state index in [0.717, 1.165) is 23.0 Å². The maximum absolute atomic E-state index is 11.5. The van der Waals surface area contributed by atoms with Crippen LogP contribution in [-0.4, -0.2) is 23.3 Å². The van der Waals surface area contributed by atoms with Crippen LogP contribution in [0.2, 0.25) is 0 Å². The number of fused-ring (bicyclic) bond motifs is 1. The number of aliphatic hydroxyl groups is 1. The third-order valence-electron chi connectivity index (χ3n) is 8.86. The zero-order chi connectivity index (χ0) is 24.4.